The molecule has 15 heavy (non-hydrogen) atoms. The Bertz CT molecular complexity index is 455. The Kier molecular flexibility index (Phi) is 2.49. The Balaban J connectivity index is 2.49. The van der Waals surface area contributed by atoms with Crippen LogP contribution in [0.4, 0.5) is 5.95 Å². The van der Waals surface area contributed by atoms with Crippen molar-refractivity contribution in [3.63, 3.8) is 0 Å². The van der Waals surface area contributed by atoms with E-state index in [9.17, 15) is 0 Å². The number of rotatable bonds is 2. The maximum Gasteiger partial charge on any atom is 0.223 e. The fraction of sp³-hybridized carbons (Fsp3) is 0.222. The summed E-state index contributed by atoms with van der Waals surface area (Å²) < 4.78 is 0. The molecule has 0 unspecified atom stereocenters. The molecule has 0 fully saturated rings. The Morgan fingerprint density at radius 2 is 2.07 bits per heavy atom. The smallest absolute Gasteiger partial charge is 0.223 e. The molecule has 0 saturated heterocycles. The molecular formula is C9H10N6. The Morgan fingerprint density at radius 3 is 2.73 bits per heavy atom. The molecule has 0 amide bonds. The van der Waals surface area contributed by atoms with Gasteiger partial charge >= 0.3 is 0 Å². The summed E-state index contributed by atoms with van der Waals surface area (Å²) in [6, 6.07) is 0. The molecular weight excluding hydrogens is 192 g/mol. The summed E-state index contributed by atoms with van der Waals surface area (Å²) >= 11 is 0. The standard InChI is InChI=1S/C9H10N6/c1-2-7-13-8(15-9(10)14-7)6-5-11-3-4-12-6/h3-5H,2H2,1H3,(H2,10,13,14,15). The van der Waals surface area contributed by atoms with Crippen molar-refractivity contribution < 1.29 is 0 Å². The van der Waals surface area contributed by atoms with Crippen molar-refractivity contribution in [1.82, 2.24) is 24.9 Å². The minimum atomic E-state index is 0.211. The number of anilines is 1. The van der Waals surface area contributed by atoms with Gasteiger partial charge in [0.05, 0.1) is 6.20 Å². The monoisotopic (exact) mass is 202 g/mol. The zero-order chi connectivity index (χ0) is 10.7. The van der Waals surface area contributed by atoms with Gasteiger partial charge in [0.2, 0.25) is 5.95 Å². The number of hydrogen-bond donors (Lipinski definition) is 1. The lowest BCUT2D eigenvalue weighted by Gasteiger charge is -2.01. The molecule has 6 heteroatoms. The molecule has 2 N–H and O–H groups in total. The summed E-state index contributed by atoms with van der Waals surface area (Å²) in [5.41, 5.74) is 6.16. The van der Waals surface area contributed by atoms with Crippen LogP contribution in [0.25, 0.3) is 11.5 Å². The molecule has 0 aromatic carbocycles. The summed E-state index contributed by atoms with van der Waals surface area (Å²) in [6.07, 6.45) is 5.48. The molecule has 0 bridgehead atoms. The molecule has 0 aliphatic rings. The molecule has 0 saturated carbocycles. The van der Waals surface area contributed by atoms with Gasteiger partial charge in [0.1, 0.15) is 11.5 Å². The van der Waals surface area contributed by atoms with Crippen LogP contribution in [0, 0.1) is 0 Å². The van der Waals surface area contributed by atoms with E-state index in [1.54, 1.807) is 18.6 Å². The van der Waals surface area contributed by atoms with Gasteiger partial charge in [-0.2, -0.15) is 9.97 Å². The number of aromatic nitrogens is 5. The van der Waals surface area contributed by atoms with E-state index < -0.39 is 0 Å². The first-order valence-corrected chi connectivity index (χ1v) is 4.56. The second kappa shape index (κ2) is 3.95. The van der Waals surface area contributed by atoms with Crippen molar-refractivity contribution in [2.45, 2.75) is 13.3 Å². The Morgan fingerprint density at radius 1 is 1.20 bits per heavy atom. The van der Waals surface area contributed by atoms with Crippen LogP contribution in [0.2, 0.25) is 0 Å². The van der Waals surface area contributed by atoms with Crippen LogP contribution in [0.5, 0.6) is 0 Å². The van der Waals surface area contributed by atoms with Gasteiger partial charge in [-0.1, -0.05) is 6.92 Å². The summed E-state index contributed by atoms with van der Waals surface area (Å²) in [5.74, 6) is 1.33. The fourth-order valence-corrected chi connectivity index (χ4v) is 1.13. The molecule has 0 atom stereocenters. The van der Waals surface area contributed by atoms with Crippen molar-refractivity contribution in [2.24, 2.45) is 0 Å². The summed E-state index contributed by atoms with van der Waals surface area (Å²) in [4.78, 5) is 20.2. The molecule has 0 aliphatic heterocycles. The van der Waals surface area contributed by atoms with Gasteiger partial charge in [-0.25, -0.2) is 9.97 Å². The van der Waals surface area contributed by atoms with Crippen LogP contribution in [0.15, 0.2) is 18.6 Å². The average molecular weight is 202 g/mol. The zero-order valence-electron chi connectivity index (χ0n) is 8.25. The molecule has 2 heterocycles. The van der Waals surface area contributed by atoms with Gasteiger partial charge in [-0.3, -0.25) is 4.98 Å². The number of hydrogen-bond acceptors (Lipinski definition) is 6. The third-order valence-corrected chi connectivity index (χ3v) is 1.81. The van der Waals surface area contributed by atoms with E-state index >= 15 is 0 Å². The lowest BCUT2D eigenvalue weighted by molar-refractivity contribution is 0.908. The molecule has 6 nitrogen and oxygen atoms in total. The highest BCUT2D eigenvalue weighted by atomic mass is 15.1. The van der Waals surface area contributed by atoms with Gasteiger partial charge in [-0.15, -0.1) is 0 Å². The minimum Gasteiger partial charge on any atom is -0.368 e. The third kappa shape index (κ3) is 2.04. The SMILES string of the molecule is CCc1nc(N)nc(-c2cnccn2)n1. The Hall–Kier alpha value is -2.11. The van der Waals surface area contributed by atoms with Crippen molar-refractivity contribution in [2.75, 3.05) is 5.73 Å². The number of nitrogen functional groups attached to an aromatic ring is 1. The highest BCUT2D eigenvalue weighted by molar-refractivity contribution is 5.48. The molecule has 0 spiro atoms. The minimum absolute atomic E-state index is 0.211. The van der Waals surface area contributed by atoms with Crippen molar-refractivity contribution in [3.05, 3.63) is 24.4 Å². The highest BCUT2D eigenvalue weighted by Gasteiger charge is 2.06. The van der Waals surface area contributed by atoms with Crippen LogP contribution >= 0.6 is 0 Å². The lowest BCUT2D eigenvalue weighted by Crippen LogP contribution is -2.04. The zero-order valence-corrected chi connectivity index (χ0v) is 8.25. The number of nitrogens with zero attached hydrogens (tertiary/aromatic N) is 5. The molecule has 0 radical (unpaired) electrons. The predicted molar refractivity (Wildman–Crippen MR) is 54.6 cm³/mol. The van der Waals surface area contributed by atoms with Gasteiger partial charge in [-0.05, 0) is 0 Å². The second-order valence-electron chi connectivity index (χ2n) is 2.88. The van der Waals surface area contributed by atoms with Gasteiger partial charge in [0, 0.05) is 18.8 Å². The van der Waals surface area contributed by atoms with Crippen molar-refractivity contribution in [1.29, 1.82) is 0 Å². The van der Waals surface area contributed by atoms with Crippen molar-refractivity contribution in [3.8, 4) is 11.5 Å². The number of nitrogens with two attached hydrogens (primary N) is 1. The quantitative estimate of drug-likeness (QED) is 0.761. The van der Waals surface area contributed by atoms with Crippen LogP contribution in [-0.2, 0) is 6.42 Å². The maximum atomic E-state index is 5.56. The molecule has 2 aromatic rings. The van der Waals surface area contributed by atoms with Crippen LogP contribution in [-0.4, -0.2) is 24.9 Å². The summed E-state index contributed by atoms with van der Waals surface area (Å²) in [5, 5.41) is 0. The molecule has 0 aliphatic carbocycles. The van der Waals surface area contributed by atoms with Gasteiger partial charge in [0.25, 0.3) is 0 Å². The summed E-state index contributed by atoms with van der Waals surface area (Å²) in [6.45, 7) is 1.95. The number of aryl methyl sites for hydroxylation is 1. The second-order valence-corrected chi connectivity index (χ2v) is 2.88. The summed E-state index contributed by atoms with van der Waals surface area (Å²) in [7, 11) is 0. The van der Waals surface area contributed by atoms with E-state index in [2.05, 4.69) is 24.9 Å². The van der Waals surface area contributed by atoms with Crippen molar-refractivity contribution >= 4 is 5.95 Å². The molecule has 76 valence electrons. The predicted octanol–water partition coefficient (Wildman–Crippen LogP) is 0.473. The Labute approximate surface area is 86.7 Å². The van der Waals surface area contributed by atoms with Gasteiger partial charge < -0.3 is 5.73 Å². The third-order valence-electron chi connectivity index (χ3n) is 1.81. The van der Waals surface area contributed by atoms with E-state index in [1.165, 1.54) is 0 Å². The lowest BCUT2D eigenvalue weighted by atomic mass is 10.4. The maximum absolute atomic E-state index is 5.56. The largest absolute Gasteiger partial charge is 0.368 e. The van der Waals surface area contributed by atoms with Crippen LogP contribution in [0.3, 0.4) is 0 Å². The first-order valence-electron chi connectivity index (χ1n) is 4.56. The van der Waals surface area contributed by atoms with E-state index in [0.717, 1.165) is 0 Å². The van der Waals surface area contributed by atoms with Crippen LogP contribution < -0.4 is 5.73 Å². The highest BCUT2D eigenvalue weighted by Crippen LogP contribution is 2.10. The van der Waals surface area contributed by atoms with E-state index in [4.69, 9.17) is 5.73 Å². The van der Waals surface area contributed by atoms with E-state index in [-0.39, 0.29) is 5.95 Å². The first kappa shape index (κ1) is 9.45. The molecule has 2 rings (SSSR count). The molecule has 2 aromatic heterocycles. The van der Waals surface area contributed by atoms with Crippen LogP contribution in [0.1, 0.15) is 12.7 Å². The van der Waals surface area contributed by atoms with E-state index in [1.807, 2.05) is 6.92 Å². The van der Waals surface area contributed by atoms with Gasteiger partial charge in [0.15, 0.2) is 5.82 Å². The van der Waals surface area contributed by atoms with E-state index in [0.29, 0.717) is 23.8 Å². The normalized spacial score (nSPS) is 10.2. The first-order chi connectivity index (χ1) is 7.29. The average Bonchev–Trinajstić information content (AvgIpc) is 2.29. The topological polar surface area (TPSA) is 90.5 Å². The fourth-order valence-electron chi connectivity index (χ4n) is 1.13.